The van der Waals surface area contributed by atoms with Gasteiger partial charge in [0, 0.05) is 13.0 Å². The molecule has 0 aliphatic carbocycles. The first-order chi connectivity index (χ1) is 9.16. The maximum atomic E-state index is 12.3. The molecule has 2 N–H and O–H groups in total. The summed E-state index contributed by atoms with van der Waals surface area (Å²) in [4.78, 5) is 24.8. The number of carbonyl (C=O) groups excluding carboxylic acids is 1. The van der Waals surface area contributed by atoms with Gasteiger partial charge in [-0.3, -0.25) is 9.59 Å². The second kappa shape index (κ2) is 6.86. The van der Waals surface area contributed by atoms with E-state index in [0.717, 1.165) is 25.9 Å². The van der Waals surface area contributed by atoms with Crippen molar-refractivity contribution < 1.29 is 19.4 Å². The van der Waals surface area contributed by atoms with Crippen LogP contribution in [0.25, 0.3) is 0 Å². The van der Waals surface area contributed by atoms with E-state index in [4.69, 9.17) is 9.84 Å². The summed E-state index contributed by atoms with van der Waals surface area (Å²) >= 11 is 0. The highest BCUT2D eigenvalue weighted by Crippen LogP contribution is 2.18. The Bertz CT molecular complexity index is 329. The SMILES string of the molecule is O=C(O)CC1COCCN1C(=O)CC1CCCNC1. The van der Waals surface area contributed by atoms with E-state index in [1.54, 1.807) is 4.90 Å². The summed E-state index contributed by atoms with van der Waals surface area (Å²) in [5, 5.41) is 12.2. The molecule has 2 rings (SSSR count). The number of rotatable bonds is 4. The van der Waals surface area contributed by atoms with Crippen LogP contribution in [0.1, 0.15) is 25.7 Å². The minimum atomic E-state index is -0.882. The molecule has 2 aliphatic rings. The van der Waals surface area contributed by atoms with Crippen LogP contribution in [0.3, 0.4) is 0 Å². The van der Waals surface area contributed by atoms with Gasteiger partial charge in [0.25, 0.3) is 0 Å². The zero-order valence-electron chi connectivity index (χ0n) is 11.1. The predicted molar refractivity (Wildman–Crippen MR) is 68.8 cm³/mol. The normalized spacial score (nSPS) is 28.1. The zero-order valence-corrected chi connectivity index (χ0v) is 11.1. The van der Waals surface area contributed by atoms with Crippen LogP contribution in [0.15, 0.2) is 0 Å². The molecule has 1 amide bonds. The van der Waals surface area contributed by atoms with Crippen molar-refractivity contribution in [3.05, 3.63) is 0 Å². The molecule has 0 aromatic heterocycles. The number of hydrogen-bond acceptors (Lipinski definition) is 4. The lowest BCUT2D eigenvalue weighted by molar-refractivity contribution is -0.146. The Labute approximate surface area is 113 Å². The third-order valence-corrected chi connectivity index (χ3v) is 3.82. The molecule has 2 aliphatic heterocycles. The van der Waals surface area contributed by atoms with Crippen molar-refractivity contribution in [2.24, 2.45) is 5.92 Å². The van der Waals surface area contributed by atoms with Crippen molar-refractivity contribution in [1.29, 1.82) is 0 Å². The smallest absolute Gasteiger partial charge is 0.305 e. The van der Waals surface area contributed by atoms with Crippen LogP contribution in [0.2, 0.25) is 0 Å². The van der Waals surface area contributed by atoms with Gasteiger partial charge in [-0.25, -0.2) is 0 Å². The monoisotopic (exact) mass is 270 g/mol. The fourth-order valence-electron chi connectivity index (χ4n) is 2.82. The van der Waals surface area contributed by atoms with Crippen LogP contribution >= 0.6 is 0 Å². The maximum absolute atomic E-state index is 12.3. The quantitative estimate of drug-likeness (QED) is 0.756. The average Bonchev–Trinajstić information content (AvgIpc) is 2.39. The minimum absolute atomic E-state index is 0.0331. The van der Waals surface area contributed by atoms with Gasteiger partial charge in [-0.05, 0) is 31.8 Å². The largest absolute Gasteiger partial charge is 0.481 e. The molecule has 2 atom stereocenters. The molecular weight excluding hydrogens is 248 g/mol. The van der Waals surface area contributed by atoms with Crippen LogP contribution in [0.4, 0.5) is 0 Å². The summed E-state index contributed by atoms with van der Waals surface area (Å²) in [6, 6.07) is -0.310. The molecule has 0 aromatic rings. The number of aliphatic carboxylic acids is 1. The Kier molecular flexibility index (Phi) is 5.15. The Morgan fingerprint density at radius 3 is 2.89 bits per heavy atom. The highest BCUT2D eigenvalue weighted by Gasteiger charge is 2.30. The van der Waals surface area contributed by atoms with Crippen LogP contribution < -0.4 is 5.32 Å². The average molecular weight is 270 g/mol. The summed E-state index contributed by atoms with van der Waals surface area (Å²) < 4.78 is 5.28. The number of nitrogens with zero attached hydrogens (tertiary/aromatic N) is 1. The third kappa shape index (κ3) is 4.18. The molecule has 2 saturated heterocycles. The van der Waals surface area contributed by atoms with Gasteiger partial charge in [-0.15, -0.1) is 0 Å². The molecule has 2 heterocycles. The van der Waals surface area contributed by atoms with Gasteiger partial charge in [0.2, 0.25) is 5.91 Å². The van der Waals surface area contributed by atoms with E-state index >= 15 is 0 Å². The number of ether oxygens (including phenoxy) is 1. The van der Waals surface area contributed by atoms with Crippen molar-refractivity contribution in [2.45, 2.75) is 31.7 Å². The first-order valence-electron chi connectivity index (χ1n) is 6.96. The molecule has 0 aromatic carbocycles. The van der Waals surface area contributed by atoms with Crippen molar-refractivity contribution in [2.75, 3.05) is 32.8 Å². The van der Waals surface area contributed by atoms with Crippen LogP contribution in [-0.2, 0) is 14.3 Å². The van der Waals surface area contributed by atoms with Gasteiger partial charge in [0.05, 0.1) is 25.7 Å². The number of carboxylic acid groups (broad SMARTS) is 1. The highest BCUT2D eigenvalue weighted by atomic mass is 16.5. The predicted octanol–water partition coefficient (Wildman–Crippen LogP) is 0.0782. The van der Waals surface area contributed by atoms with Gasteiger partial charge in [-0.1, -0.05) is 0 Å². The third-order valence-electron chi connectivity index (χ3n) is 3.82. The number of carboxylic acids is 1. The van der Waals surface area contributed by atoms with E-state index in [1.807, 2.05) is 0 Å². The molecule has 0 saturated carbocycles. The fraction of sp³-hybridized carbons (Fsp3) is 0.846. The summed E-state index contributed by atoms with van der Waals surface area (Å²) in [5.74, 6) is -0.426. The lowest BCUT2D eigenvalue weighted by Crippen LogP contribution is -2.50. The molecule has 2 unspecified atom stereocenters. The number of amides is 1. The highest BCUT2D eigenvalue weighted by molar-refractivity contribution is 5.78. The fourth-order valence-corrected chi connectivity index (χ4v) is 2.82. The van der Waals surface area contributed by atoms with Crippen molar-refractivity contribution in [1.82, 2.24) is 10.2 Å². The number of nitrogens with one attached hydrogen (secondary N) is 1. The van der Waals surface area contributed by atoms with Crippen LogP contribution in [0, 0.1) is 5.92 Å². The van der Waals surface area contributed by atoms with Crippen molar-refractivity contribution in [3.8, 4) is 0 Å². The first kappa shape index (κ1) is 14.3. The summed E-state index contributed by atoms with van der Waals surface area (Å²) in [5.41, 5.74) is 0. The number of hydrogen-bond donors (Lipinski definition) is 2. The molecule has 0 radical (unpaired) electrons. The van der Waals surface area contributed by atoms with Gasteiger partial charge < -0.3 is 20.1 Å². The van der Waals surface area contributed by atoms with Gasteiger partial charge >= 0.3 is 5.97 Å². The standard InChI is InChI=1S/C13H22N2O4/c16-12(6-10-2-1-3-14-8-10)15-4-5-19-9-11(15)7-13(17)18/h10-11,14H,1-9H2,(H,17,18). The van der Waals surface area contributed by atoms with Gasteiger partial charge in [0.15, 0.2) is 0 Å². The molecule has 0 bridgehead atoms. The lowest BCUT2D eigenvalue weighted by Gasteiger charge is -2.36. The Hall–Kier alpha value is -1.14. The molecular formula is C13H22N2O4. The summed E-state index contributed by atoms with van der Waals surface area (Å²) in [7, 11) is 0. The van der Waals surface area contributed by atoms with Crippen LogP contribution in [0.5, 0.6) is 0 Å². The van der Waals surface area contributed by atoms with Gasteiger partial charge in [0.1, 0.15) is 0 Å². The molecule has 19 heavy (non-hydrogen) atoms. The summed E-state index contributed by atoms with van der Waals surface area (Å²) in [6.45, 7) is 3.27. The molecule has 2 fully saturated rings. The van der Waals surface area contributed by atoms with E-state index in [0.29, 0.717) is 32.1 Å². The summed E-state index contributed by atoms with van der Waals surface area (Å²) in [6.07, 6.45) is 2.67. The first-order valence-corrected chi connectivity index (χ1v) is 6.96. The van der Waals surface area contributed by atoms with E-state index in [9.17, 15) is 9.59 Å². The molecule has 6 heteroatoms. The van der Waals surface area contributed by atoms with E-state index in [-0.39, 0.29) is 18.4 Å². The number of piperidine rings is 1. The van der Waals surface area contributed by atoms with E-state index < -0.39 is 5.97 Å². The molecule has 6 nitrogen and oxygen atoms in total. The number of carbonyl (C=O) groups is 2. The number of morpholine rings is 1. The molecule has 0 spiro atoms. The Balaban J connectivity index is 1.88. The lowest BCUT2D eigenvalue weighted by atomic mass is 9.95. The second-order valence-electron chi connectivity index (χ2n) is 5.33. The van der Waals surface area contributed by atoms with E-state index in [2.05, 4.69) is 5.32 Å². The molecule has 108 valence electrons. The van der Waals surface area contributed by atoms with Crippen molar-refractivity contribution in [3.63, 3.8) is 0 Å². The Morgan fingerprint density at radius 1 is 1.37 bits per heavy atom. The van der Waals surface area contributed by atoms with Gasteiger partial charge in [-0.2, -0.15) is 0 Å². The Morgan fingerprint density at radius 2 is 2.21 bits per heavy atom. The van der Waals surface area contributed by atoms with Crippen LogP contribution in [-0.4, -0.2) is 60.8 Å². The minimum Gasteiger partial charge on any atom is -0.481 e. The van der Waals surface area contributed by atoms with E-state index in [1.165, 1.54) is 0 Å². The zero-order chi connectivity index (χ0) is 13.7. The maximum Gasteiger partial charge on any atom is 0.305 e. The second-order valence-corrected chi connectivity index (χ2v) is 5.33. The van der Waals surface area contributed by atoms with Crippen molar-refractivity contribution >= 4 is 11.9 Å². The topological polar surface area (TPSA) is 78.9 Å².